The predicted octanol–water partition coefficient (Wildman–Crippen LogP) is 2.67. The fraction of sp³-hybridized carbons (Fsp3) is 0.0909. The zero-order chi connectivity index (χ0) is 8.39. The second kappa shape index (κ2) is 2.80. The van der Waals surface area contributed by atoms with E-state index in [2.05, 4.69) is 17.6 Å². The van der Waals surface area contributed by atoms with Gasteiger partial charge in [-0.05, 0) is 36.8 Å². The van der Waals surface area contributed by atoms with Gasteiger partial charge in [-0.3, -0.25) is 4.98 Å². The minimum Gasteiger partial charge on any atom is -0.256 e. The van der Waals surface area contributed by atoms with E-state index >= 15 is 0 Å². The van der Waals surface area contributed by atoms with E-state index in [4.69, 9.17) is 0 Å². The molecule has 0 unspecified atom stereocenters. The number of pyridine rings is 1. The SMILES string of the molecule is CC1=CC=C=Cc2cccnc21. The zero-order valence-corrected chi connectivity index (χ0v) is 6.91. The molecular formula is C11H9N. The Morgan fingerprint density at radius 1 is 1.42 bits per heavy atom. The van der Waals surface area contributed by atoms with Gasteiger partial charge in [0.1, 0.15) is 0 Å². The van der Waals surface area contributed by atoms with Gasteiger partial charge in [0.15, 0.2) is 0 Å². The van der Waals surface area contributed by atoms with Crippen molar-refractivity contribution in [1.29, 1.82) is 0 Å². The second-order valence-corrected chi connectivity index (χ2v) is 2.77. The lowest BCUT2D eigenvalue weighted by Gasteiger charge is -2.01. The lowest BCUT2D eigenvalue weighted by Crippen LogP contribution is -1.88. The maximum Gasteiger partial charge on any atom is 0.0737 e. The van der Waals surface area contributed by atoms with E-state index in [0.29, 0.717) is 0 Å². The maximum absolute atomic E-state index is 4.30. The van der Waals surface area contributed by atoms with Gasteiger partial charge in [-0.2, -0.15) is 0 Å². The van der Waals surface area contributed by atoms with Gasteiger partial charge >= 0.3 is 0 Å². The van der Waals surface area contributed by atoms with Crippen LogP contribution in [0.15, 0.2) is 36.2 Å². The molecule has 0 aromatic carbocycles. The van der Waals surface area contributed by atoms with Crippen molar-refractivity contribution in [2.45, 2.75) is 6.92 Å². The Morgan fingerprint density at radius 3 is 3.25 bits per heavy atom. The van der Waals surface area contributed by atoms with Crippen molar-refractivity contribution in [2.24, 2.45) is 0 Å². The quantitative estimate of drug-likeness (QED) is 0.525. The number of rotatable bonds is 0. The van der Waals surface area contributed by atoms with Gasteiger partial charge < -0.3 is 0 Å². The molecule has 1 aromatic rings. The molecule has 1 aromatic heterocycles. The molecule has 0 fully saturated rings. The van der Waals surface area contributed by atoms with Crippen LogP contribution in [0.25, 0.3) is 11.6 Å². The Labute approximate surface area is 71.8 Å². The summed E-state index contributed by atoms with van der Waals surface area (Å²) in [5, 5.41) is 0. The number of fused-ring (bicyclic) bond motifs is 1. The van der Waals surface area contributed by atoms with E-state index in [1.807, 2.05) is 36.6 Å². The van der Waals surface area contributed by atoms with Crippen LogP contribution >= 0.6 is 0 Å². The van der Waals surface area contributed by atoms with Gasteiger partial charge in [-0.15, -0.1) is 5.73 Å². The lowest BCUT2D eigenvalue weighted by atomic mass is 10.1. The van der Waals surface area contributed by atoms with Gasteiger partial charge in [0, 0.05) is 11.8 Å². The number of hydrogen-bond acceptors (Lipinski definition) is 1. The summed E-state index contributed by atoms with van der Waals surface area (Å²) in [5.41, 5.74) is 6.45. The minimum absolute atomic E-state index is 1.05. The van der Waals surface area contributed by atoms with Gasteiger partial charge in [0.25, 0.3) is 0 Å². The molecule has 12 heavy (non-hydrogen) atoms. The van der Waals surface area contributed by atoms with Crippen LogP contribution in [0.3, 0.4) is 0 Å². The average Bonchev–Trinajstić information content (AvgIpc) is 2.29. The topological polar surface area (TPSA) is 12.9 Å². The van der Waals surface area contributed by atoms with Crippen LogP contribution in [0.1, 0.15) is 18.2 Å². The summed E-state index contributed by atoms with van der Waals surface area (Å²) < 4.78 is 0. The second-order valence-electron chi connectivity index (χ2n) is 2.77. The van der Waals surface area contributed by atoms with Crippen LogP contribution in [0.4, 0.5) is 0 Å². The number of nitrogens with zero attached hydrogens (tertiary/aromatic N) is 1. The Balaban J connectivity index is 2.70. The maximum atomic E-state index is 4.30. The Morgan fingerprint density at radius 2 is 2.33 bits per heavy atom. The van der Waals surface area contributed by atoms with Gasteiger partial charge in [0.2, 0.25) is 0 Å². The number of allylic oxidation sites excluding steroid dienone is 3. The molecule has 1 nitrogen and oxygen atoms in total. The molecule has 0 radical (unpaired) electrons. The third-order valence-corrected chi connectivity index (χ3v) is 1.88. The van der Waals surface area contributed by atoms with Crippen LogP contribution in [0, 0.1) is 0 Å². The molecule has 0 N–H and O–H groups in total. The van der Waals surface area contributed by atoms with E-state index in [1.54, 1.807) is 0 Å². The molecular weight excluding hydrogens is 146 g/mol. The zero-order valence-electron chi connectivity index (χ0n) is 6.91. The predicted molar refractivity (Wildman–Crippen MR) is 50.4 cm³/mol. The highest BCUT2D eigenvalue weighted by molar-refractivity contribution is 5.72. The molecule has 0 saturated heterocycles. The van der Waals surface area contributed by atoms with Crippen LogP contribution in [0.2, 0.25) is 0 Å². The summed E-state index contributed by atoms with van der Waals surface area (Å²) >= 11 is 0. The van der Waals surface area contributed by atoms with Gasteiger partial charge in [0.05, 0.1) is 5.69 Å². The molecule has 0 atom stereocenters. The van der Waals surface area contributed by atoms with E-state index in [-0.39, 0.29) is 0 Å². The van der Waals surface area contributed by atoms with Gasteiger partial charge in [-0.25, -0.2) is 0 Å². The van der Waals surface area contributed by atoms with Crippen LogP contribution in [-0.2, 0) is 0 Å². The minimum atomic E-state index is 1.05. The molecule has 1 heteroatoms. The van der Waals surface area contributed by atoms with Crippen molar-refractivity contribution in [3.63, 3.8) is 0 Å². The van der Waals surface area contributed by atoms with Crippen molar-refractivity contribution >= 4 is 11.6 Å². The largest absolute Gasteiger partial charge is 0.256 e. The third kappa shape index (κ3) is 1.11. The smallest absolute Gasteiger partial charge is 0.0737 e. The highest BCUT2D eigenvalue weighted by Crippen LogP contribution is 2.18. The Kier molecular flexibility index (Phi) is 1.65. The summed E-state index contributed by atoms with van der Waals surface area (Å²) in [6, 6.07) is 3.99. The van der Waals surface area contributed by atoms with E-state index < -0.39 is 0 Å². The highest BCUT2D eigenvalue weighted by Gasteiger charge is 2.02. The first-order chi connectivity index (χ1) is 5.88. The summed E-state index contributed by atoms with van der Waals surface area (Å²) in [6.07, 6.45) is 7.71. The molecule has 1 aliphatic rings. The standard InChI is InChI=1S/C11H9N/c1-9-5-2-3-6-10-7-4-8-12-11(9)10/h2,4-8H,1H3. The first-order valence-electron chi connectivity index (χ1n) is 3.93. The van der Waals surface area contributed by atoms with Crippen LogP contribution in [0.5, 0.6) is 0 Å². The summed E-state index contributed by atoms with van der Waals surface area (Å²) in [7, 11) is 0. The summed E-state index contributed by atoms with van der Waals surface area (Å²) in [4.78, 5) is 4.30. The van der Waals surface area contributed by atoms with E-state index in [1.165, 1.54) is 5.57 Å². The molecule has 0 saturated carbocycles. The summed E-state index contributed by atoms with van der Waals surface area (Å²) in [5.74, 6) is 0. The van der Waals surface area contributed by atoms with Crippen molar-refractivity contribution in [3.05, 3.63) is 47.5 Å². The molecule has 1 aliphatic carbocycles. The van der Waals surface area contributed by atoms with E-state index in [0.717, 1.165) is 11.3 Å². The van der Waals surface area contributed by atoms with E-state index in [9.17, 15) is 0 Å². The molecule has 0 spiro atoms. The first-order valence-corrected chi connectivity index (χ1v) is 3.93. The lowest BCUT2D eigenvalue weighted by molar-refractivity contribution is 1.26. The monoisotopic (exact) mass is 155 g/mol. The van der Waals surface area contributed by atoms with Crippen LogP contribution < -0.4 is 0 Å². The molecule has 0 aliphatic heterocycles. The van der Waals surface area contributed by atoms with Crippen molar-refractivity contribution < 1.29 is 0 Å². The molecule has 0 amide bonds. The number of hydrogen-bond donors (Lipinski definition) is 0. The van der Waals surface area contributed by atoms with Crippen LogP contribution in [-0.4, -0.2) is 4.98 Å². The molecule has 1 heterocycles. The first kappa shape index (κ1) is 7.08. The molecule has 58 valence electrons. The normalized spacial score (nSPS) is 13.6. The van der Waals surface area contributed by atoms with Gasteiger partial charge in [-0.1, -0.05) is 6.07 Å². The Bertz CT molecular complexity index is 393. The van der Waals surface area contributed by atoms with Crippen molar-refractivity contribution in [1.82, 2.24) is 4.98 Å². The third-order valence-electron chi connectivity index (χ3n) is 1.88. The Hall–Kier alpha value is -1.59. The van der Waals surface area contributed by atoms with Crippen molar-refractivity contribution in [2.75, 3.05) is 0 Å². The number of aromatic nitrogens is 1. The van der Waals surface area contributed by atoms with Crippen molar-refractivity contribution in [3.8, 4) is 0 Å². The average molecular weight is 155 g/mol. The molecule has 0 bridgehead atoms. The summed E-state index contributed by atoms with van der Waals surface area (Å²) in [6.45, 7) is 2.06. The highest BCUT2D eigenvalue weighted by atomic mass is 14.7. The fourth-order valence-corrected chi connectivity index (χ4v) is 1.25. The molecule has 2 rings (SSSR count). The fourth-order valence-electron chi connectivity index (χ4n) is 1.25.